The molecule has 3 N–H and O–H groups in total. The van der Waals surface area contributed by atoms with Gasteiger partial charge in [0.25, 0.3) is 0 Å². The standard InChI is InChI=1S/C11H20N2O3S/c1-8(14)13-9(10(15)16)6-12-7-11(17-2)4-3-5-11/h9,12H,3-7H2,1-2H3,(H,13,14)(H,15,16). The van der Waals surface area contributed by atoms with Crippen LogP contribution >= 0.6 is 11.8 Å². The summed E-state index contributed by atoms with van der Waals surface area (Å²) in [4.78, 5) is 21.7. The van der Waals surface area contributed by atoms with Crippen LogP contribution in [0.2, 0.25) is 0 Å². The van der Waals surface area contributed by atoms with Crippen LogP contribution in [0.5, 0.6) is 0 Å². The first-order chi connectivity index (χ1) is 7.99. The number of hydrogen-bond donors (Lipinski definition) is 3. The van der Waals surface area contributed by atoms with Gasteiger partial charge in [-0.1, -0.05) is 6.42 Å². The molecule has 0 aromatic rings. The number of aliphatic carboxylic acids is 1. The van der Waals surface area contributed by atoms with Gasteiger partial charge in [-0.2, -0.15) is 11.8 Å². The molecular formula is C11H20N2O3S. The van der Waals surface area contributed by atoms with Gasteiger partial charge in [0.15, 0.2) is 0 Å². The summed E-state index contributed by atoms with van der Waals surface area (Å²) in [6, 6.07) is -0.841. The minimum absolute atomic E-state index is 0.275. The molecule has 98 valence electrons. The van der Waals surface area contributed by atoms with Gasteiger partial charge in [0, 0.05) is 24.8 Å². The summed E-state index contributed by atoms with van der Waals surface area (Å²) in [5, 5.41) is 14.5. The van der Waals surface area contributed by atoms with Gasteiger partial charge < -0.3 is 15.7 Å². The summed E-state index contributed by atoms with van der Waals surface area (Å²) in [6.45, 7) is 2.40. The highest BCUT2D eigenvalue weighted by Gasteiger charge is 2.35. The number of hydrogen-bond acceptors (Lipinski definition) is 4. The smallest absolute Gasteiger partial charge is 0.327 e. The molecule has 17 heavy (non-hydrogen) atoms. The van der Waals surface area contributed by atoms with Crippen molar-refractivity contribution < 1.29 is 14.7 Å². The topological polar surface area (TPSA) is 78.4 Å². The first kappa shape index (κ1) is 14.3. The first-order valence-electron chi connectivity index (χ1n) is 5.75. The number of carbonyl (C=O) groups is 2. The number of carbonyl (C=O) groups excluding carboxylic acids is 1. The van der Waals surface area contributed by atoms with Crippen molar-refractivity contribution in [2.24, 2.45) is 0 Å². The number of carboxylic acid groups (broad SMARTS) is 1. The molecule has 1 unspecified atom stereocenters. The van der Waals surface area contributed by atoms with E-state index in [1.54, 1.807) is 0 Å². The number of amides is 1. The Bertz CT molecular complexity index is 287. The quantitative estimate of drug-likeness (QED) is 0.619. The first-order valence-corrected chi connectivity index (χ1v) is 6.97. The Morgan fingerprint density at radius 3 is 2.47 bits per heavy atom. The van der Waals surface area contributed by atoms with Crippen LogP contribution in [0.25, 0.3) is 0 Å². The highest BCUT2D eigenvalue weighted by molar-refractivity contribution is 8.00. The Balaban J connectivity index is 2.31. The Hall–Kier alpha value is -0.750. The average Bonchev–Trinajstić information content (AvgIpc) is 2.19. The van der Waals surface area contributed by atoms with Crippen LogP contribution < -0.4 is 10.6 Å². The summed E-state index contributed by atoms with van der Waals surface area (Å²) >= 11 is 1.84. The predicted octanol–water partition coefficient (Wildman–Crippen LogP) is 0.451. The molecule has 0 aromatic carbocycles. The number of carboxylic acids is 1. The molecule has 1 aliphatic carbocycles. The van der Waals surface area contributed by atoms with Crippen molar-refractivity contribution in [3.05, 3.63) is 0 Å². The van der Waals surface area contributed by atoms with Crippen LogP contribution in [0.1, 0.15) is 26.2 Å². The zero-order valence-electron chi connectivity index (χ0n) is 10.3. The fourth-order valence-electron chi connectivity index (χ4n) is 1.91. The van der Waals surface area contributed by atoms with Crippen molar-refractivity contribution in [3.8, 4) is 0 Å². The van der Waals surface area contributed by atoms with E-state index in [4.69, 9.17) is 5.11 Å². The van der Waals surface area contributed by atoms with Crippen LogP contribution in [0.15, 0.2) is 0 Å². The Labute approximate surface area is 106 Å². The van der Waals surface area contributed by atoms with E-state index < -0.39 is 12.0 Å². The fourth-order valence-corrected chi connectivity index (χ4v) is 2.86. The summed E-state index contributed by atoms with van der Waals surface area (Å²) in [5.74, 6) is -1.32. The van der Waals surface area contributed by atoms with E-state index >= 15 is 0 Å². The van der Waals surface area contributed by atoms with Gasteiger partial charge >= 0.3 is 5.97 Å². The molecule has 0 saturated heterocycles. The van der Waals surface area contributed by atoms with Crippen molar-refractivity contribution in [2.75, 3.05) is 19.3 Å². The summed E-state index contributed by atoms with van der Waals surface area (Å²) in [7, 11) is 0. The lowest BCUT2D eigenvalue weighted by atomic mass is 9.84. The molecule has 1 fully saturated rings. The molecule has 6 heteroatoms. The van der Waals surface area contributed by atoms with E-state index in [0.717, 1.165) is 6.54 Å². The van der Waals surface area contributed by atoms with Crippen LogP contribution in [-0.2, 0) is 9.59 Å². The number of nitrogens with one attached hydrogen (secondary N) is 2. The van der Waals surface area contributed by atoms with Crippen molar-refractivity contribution in [1.29, 1.82) is 0 Å². The predicted molar refractivity (Wildman–Crippen MR) is 68.2 cm³/mol. The van der Waals surface area contributed by atoms with Gasteiger partial charge in [0.05, 0.1) is 0 Å². The van der Waals surface area contributed by atoms with Gasteiger partial charge in [-0.05, 0) is 19.1 Å². The molecule has 1 atom stereocenters. The molecule has 0 aliphatic heterocycles. The third-order valence-corrected chi connectivity index (χ3v) is 4.59. The zero-order valence-corrected chi connectivity index (χ0v) is 11.1. The summed E-state index contributed by atoms with van der Waals surface area (Å²) in [6.07, 6.45) is 5.69. The van der Waals surface area contributed by atoms with Crippen molar-refractivity contribution in [3.63, 3.8) is 0 Å². The molecule has 0 bridgehead atoms. The molecule has 0 radical (unpaired) electrons. The van der Waals surface area contributed by atoms with Gasteiger partial charge in [-0.15, -0.1) is 0 Å². The van der Waals surface area contributed by atoms with E-state index in [1.807, 2.05) is 11.8 Å². The minimum atomic E-state index is -1.00. The molecule has 1 amide bonds. The summed E-state index contributed by atoms with van der Waals surface area (Å²) in [5.41, 5.74) is 0. The maximum absolute atomic E-state index is 10.9. The maximum atomic E-state index is 10.9. The lowest BCUT2D eigenvalue weighted by Gasteiger charge is -2.40. The monoisotopic (exact) mass is 260 g/mol. The molecule has 1 aliphatic rings. The number of thioether (sulfide) groups is 1. The van der Waals surface area contributed by atoms with Crippen molar-refractivity contribution in [1.82, 2.24) is 10.6 Å². The highest BCUT2D eigenvalue weighted by atomic mass is 32.2. The fraction of sp³-hybridized carbons (Fsp3) is 0.818. The van der Waals surface area contributed by atoms with E-state index in [9.17, 15) is 9.59 Å². The molecular weight excluding hydrogens is 240 g/mol. The lowest BCUT2D eigenvalue weighted by Crippen LogP contribution is -2.50. The SMILES string of the molecule is CSC1(CNCC(NC(C)=O)C(=O)O)CCC1. The Morgan fingerprint density at radius 2 is 2.12 bits per heavy atom. The number of rotatable bonds is 7. The van der Waals surface area contributed by atoms with E-state index in [-0.39, 0.29) is 17.2 Å². The highest BCUT2D eigenvalue weighted by Crippen LogP contribution is 2.42. The second-order valence-electron chi connectivity index (χ2n) is 4.46. The molecule has 5 nitrogen and oxygen atoms in total. The second kappa shape index (κ2) is 6.26. The average molecular weight is 260 g/mol. The van der Waals surface area contributed by atoms with Crippen molar-refractivity contribution >= 4 is 23.6 Å². The van der Waals surface area contributed by atoms with Gasteiger partial charge in [-0.25, -0.2) is 4.79 Å². The van der Waals surface area contributed by atoms with E-state index in [2.05, 4.69) is 16.9 Å². The Kier molecular flexibility index (Phi) is 5.27. The van der Waals surface area contributed by atoms with Gasteiger partial charge in [0.2, 0.25) is 5.91 Å². The maximum Gasteiger partial charge on any atom is 0.327 e. The van der Waals surface area contributed by atoms with Crippen LogP contribution in [0, 0.1) is 0 Å². The third-order valence-electron chi connectivity index (χ3n) is 3.17. The lowest BCUT2D eigenvalue weighted by molar-refractivity contribution is -0.141. The van der Waals surface area contributed by atoms with E-state index in [1.165, 1.54) is 26.2 Å². The molecule has 1 rings (SSSR count). The summed E-state index contributed by atoms with van der Waals surface area (Å²) < 4.78 is 0.277. The van der Waals surface area contributed by atoms with Crippen molar-refractivity contribution in [2.45, 2.75) is 37.0 Å². The van der Waals surface area contributed by atoms with Crippen LogP contribution in [-0.4, -0.2) is 47.1 Å². The van der Waals surface area contributed by atoms with Gasteiger partial charge in [0.1, 0.15) is 6.04 Å². The molecule has 0 heterocycles. The van der Waals surface area contributed by atoms with E-state index in [0.29, 0.717) is 0 Å². The normalized spacial score (nSPS) is 19.2. The van der Waals surface area contributed by atoms with Gasteiger partial charge in [-0.3, -0.25) is 4.79 Å². The zero-order chi connectivity index (χ0) is 12.9. The molecule has 1 saturated carbocycles. The largest absolute Gasteiger partial charge is 0.480 e. The van der Waals surface area contributed by atoms with Crippen LogP contribution in [0.4, 0.5) is 0 Å². The minimum Gasteiger partial charge on any atom is -0.480 e. The third kappa shape index (κ3) is 4.20. The Morgan fingerprint density at radius 1 is 1.47 bits per heavy atom. The molecule has 0 aromatic heterocycles. The van der Waals surface area contributed by atoms with Crippen LogP contribution in [0.3, 0.4) is 0 Å². The second-order valence-corrected chi connectivity index (χ2v) is 5.74. The molecule has 0 spiro atoms.